The number of phenols is 1. The molecule has 0 amide bonds. The van der Waals surface area contributed by atoms with Crippen LogP contribution in [-0.2, 0) is 6.54 Å². The average molecular weight is 371 g/mol. The van der Waals surface area contributed by atoms with Crippen LogP contribution in [0.15, 0.2) is 41.8 Å². The van der Waals surface area contributed by atoms with Crippen molar-refractivity contribution in [1.82, 2.24) is 4.90 Å². The molecule has 0 bridgehead atoms. The molecular weight excluding hydrogens is 350 g/mol. The van der Waals surface area contributed by atoms with Crippen LogP contribution in [0, 0.1) is 0 Å². The Morgan fingerprint density at radius 2 is 2.08 bits per heavy atom. The zero-order valence-corrected chi connectivity index (χ0v) is 15.1. The fourth-order valence-corrected chi connectivity index (χ4v) is 4.39. The van der Waals surface area contributed by atoms with E-state index in [0.717, 1.165) is 16.7 Å². The molecule has 26 heavy (non-hydrogen) atoms. The maximum Gasteiger partial charge on any atom is 0.165 e. The molecule has 3 N–H and O–H groups in total. The average Bonchev–Trinajstić information content (AvgIpc) is 2.96. The lowest BCUT2D eigenvalue weighted by Crippen LogP contribution is -2.35. The number of nitrogens with zero attached hydrogens (tertiary/aromatic N) is 1. The Balaban J connectivity index is 1.72. The van der Waals surface area contributed by atoms with Crippen molar-refractivity contribution in [2.24, 2.45) is 0 Å². The topological polar surface area (TPSA) is 73.2 Å². The summed E-state index contributed by atoms with van der Waals surface area (Å²) in [5.74, 6) is 0.645. The molecule has 1 atom stereocenters. The fourth-order valence-electron chi connectivity index (χ4n) is 3.42. The van der Waals surface area contributed by atoms with E-state index >= 15 is 0 Å². The molecular formula is C20H21NO4S. The second kappa shape index (κ2) is 7.25. The summed E-state index contributed by atoms with van der Waals surface area (Å²) in [4.78, 5) is 2.03. The molecule has 0 spiro atoms. The third kappa shape index (κ3) is 3.29. The van der Waals surface area contributed by atoms with Gasteiger partial charge in [0.15, 0.2) is 11.5 Å². The molecule has 1 aromatic heterocycles. The molecule has 5 nitrogen and oxygen atoms in total. The van der Waals surface area contributed by atoms with E-state index in [1.165, 1.54) is 10.1 Å². The van der Waals surface area contributed by atoms with Crippen molar-refractivity contribution in [1.29, 1.82) is 0 Å². The van der Waals surface area contributed by atoms with Gasteiger partial charge >= 0.3 is 0 Å². The van der Waals surface area contributed by atoms with Crippen molar-refractivity contribution in [2.75, 3.05) is 26.3 Å². The van der Waals surface area contributed by atoms with E-state index in [0.29, 0.717) is 32.0 Å². The standard InChI is InChI=1S/C20H21NO4S/c22-11-15(23)10-21-5-6-25-20-14(9-21)7-13(8-18(20)24)17-12-26-19-4-2-1-3-16(17)19/h1-4,7-8,12,15,22-24H,5-6,9-11H2/t15-/m1/s1. The number of aliphatic hydroxyl groups is 2. The van der Waals surface area contributed by atoms with Gasteiger partial charge in [-0.15, -0.1) is 11.3 Å². The molecule has 136 valence electrons. The van der Waals surface area contributed by atoms with Gasteiger partial charge in [-0.05, 0) is 29.1 Å². The summed E-state index contributed by atoms with van der Waals surface area (Å²) in [5.41, 5.74) is 2.93. The van der Waals surface area contributed by atoms with Crippen LogP contribution in [0.1, 0.15) is 5.56 Å². The van der Waals surface area contributed by atoms with Crippen LogP contribution in [0.2, 0.25) is 0 Å². The third-order valence-electron chi connectivity index (χ3n) is 4.67. The van der Waals surface area contributed by atoms with Crippen LogP contribution in [0.5, 0.6) is 11.5 Å². The summed E-state index contributed by atoms with van der Waals surface area (Å²) in [6.07, 6.45) is -0.783. The number of aliphatic hydroxyl groups excluding tert-OH is 2. The number of hydrogen-bond acceptors (Lipinski definition) is 6. The second-order valence-electron chi connectivity index (χ2n) is 6.55. The zero-order chi connectivity index (χ0) is 18.1. The van der Waals surface area contributed by atoms with Gasteiger partial charge in [-0.1, -0.05) is 18.2 Å². The van der Waals surface area contributed by atoms with Gasteiger partial charge in [0.2, 0.25) is 0 Å². The minimum absolute atomic E-state index is 0.136. The van der Waals surface area contributed by atoms with Crippen molar-refractivity contribution < 1.29 is 20.1 Å². The van der Waals surface area contributed by atoms with Gasteiger partial charge < -0.3 is 20.1 Å². The number of β-amino-alcohol motifs (C(OH)–C–C–N with tert-alkyl or cyclic N) is 1. The summed E-state index contributed by atoms with van der Waals surface area (Å²) in [5, 5.41) is 32.6. The Morgan fingerprint density at radius 3 is 2.92 bits per heavy atom. The van der Waals surface area contributed by atoms with Gasteiger partial charge in [0.25, 0.3) is 0 Å². The molecule has 0 saturated heterocycles. The van der Waals surface area contributed by atoms with E-state index in [-0.39, 0.29) is 12.4 Å². The Hall–Kier alpha value is -2.12. The molecule has 0 saturated carbocycles. The summed E-state index contributed by atoms with van der Waals surface area (Å²) >= 11 is 1.68. The minimum atomic E-state index is -0.783. The van der Waals surface area contributed by atoms with Crippen LogP contribution in [-0.4, -0.2) is 52.6 Å². The highest BCUT2D eigenvalue weighted by molar-refractivity contribution is 7.17. The Labute approximate surface area is 155 Å². The SMILES string of the molecule is OC[C@H](O)CN1CCOc2c(O)cc(-c3csc4ccccc34)cc2C1. The van der Waals surface area contributed by atoms with Gasteiger partial charge in [0, 0.05) is 40.8 Å². The van der Waals surface area contributed by atoms with Crippen LogP contribution >= 0.6 is 11.3 Å². The van der Waals surface area contributed by atoms with Gasteiger partial charge in [0.05, 0.1) is 12.7 Å². The highest BCUT2D eigenvalue weighted by Crippen LogP contribution is 2.41. The lowest BCUT2D eigenvalue weighted by atomic mass is 10.0. The maximum atomic E-state index is 10.5. The molecule has 0 aliphatic carbocycles. The molecule has 0 radical (unpaired) electrons. The molecule has 4 rings (SSSR count). The largest absolute Gasteiger partial charge is 0.504 e. The first-order valence-electron chi connectivity index (χ1n) is 8.62. The monoisotopic (exact) mass is 371 g/mol. The highest BCUT2D eigenvalue weighted by atomic mass is 32.1. The van der Waals surface area contributed by atoms with E-state index in [1.807, 2.05) is 23.1 Å². The number of benzene rings is 2. The quantitative estimate of drug-likeness (QED) is 0.658. The number of thiophene rings is 1. The van der Waals surface area contributed by atoms with Crippen LogP contribution in [0.3, 0.4) is 0 Å². The number of ether oxygens (including phenoxy) is 1. The predicted molar refractivity (Wildman–Crippen MR) is 103 cm³/mol. The van der Waals surface area contributed by atoms with Gasteiger partial charge in [-0.2, -0.15) is 0 Å². The number of phenolic OH excluding ortho intramolecular Hbond substituents is 1. The van der Waals surface area contributed by atoms with E-state index in [4.69, 9.17) is 9.84 Å². The van der Waals surface area contributed by atoms with Crippen molar-refractivity contribution >= 4 is 21.4 Å². The number of hydrogen-bond donors (Lipinski definition) is 3. The molecule has 1 aliphatic heterocycles. The Morgan fingerprint density at radius 1 is 1.23 bits per heavy atom. The lowest BCUT2D eigenvalue weighted by Gasteiger charge is -2.21. The van der Waals surface area contributed by atoms with E-state index < -0.39 is 6.10 Å². The van der Waals surface area contributed by atoms with Gasteiger partial charge in [-0.3, -0.25) is 4.90 Å². The summed E-state index contributed by atoms with van der Waals surface area (Å²) in [7, 11) is 0. The molecule has 1 aliphatic rings. The molecule has 2 heterocycles. The minimum Gasteiger partial charge on any atom is -0.504 e. The summed E-state index contributed by atoms with van der Waals surface area (Å²) in [6.45, 7) is 1.71. The Bertz CT molecular complexity index is 923. The van der Waals surface area contributed by atoms with Crippen molar-refractivity contribution in [3.63, 3.8) is 0 Å². The Kier molecular flexibility index (Phi) is 4.82. The van der Waals surface area contributed by atoms with Gasteiger partial charge in [-0.25, -0.2) is 0 Å². The zero-order valence-electron chi connectivity index (χ0n) is 14.3. The van der Waals surface area contributed by atoms with E-state index in [9.17, 15) is 10.2 Å². The summed E-state index contributed by atoms with van der Waals surface area (Å²) in [6, 6.07) is 12.0. The van der Waals surface area contributed by atoms with Crippen molar-refractivity contribution in [3.05, 3.63) is 47.3 Å². The van der Waals surface area contributed by atoms with Crippen molar-refractivity contribution in [2.45, 2.75) is 12.6 Å². The lowest BCUT2D eigenvalue weighted by molar-refractivity contribution is 0.0551. The second-order valence-corrected chi connectivity index (χ2v) is 7.46. The van der Waals surface area contributed by atoms with Crippen molar-refractivity contribution in [3.8, 4) is 22.6 Å². The number of fused-ring (bicyclic) bond motifs is 2. The molecule has 3 aromatic rings. The molecule has 2 aromatic carbocycles. The molecule has 0 unspecified atom stereocenters. The van der Waals surface area contributed by atoms with Gasteiger partial charge in [0.1, 0.15) is 6.61 Å². The van der Waals surface area contributed by atoms with Crippen LogP contribution in [0.4, 0.5) is 0 Å². The highest BCUT2D eigenvalue weighted by Gasteiger charge is 2.21. The number of rotatable bonds is 4. The normalized spacial score (nSPS) is 16.1. The molecule has 6 heteroatoms. The van der Waals surface area contributed by atoms with E-state index in [2.05, 4.69) is 17.5 Å². The first kappa shape index (κ1) is 17.3. The van der Waals surface area contributed by atoms with Crippen LogP contribution < -0.4 is 4.74 Å². The first-order chi connectivity index (χ1) is 12.7. The maximum absolute atomic E-state index is 10.5. The number of aromatic hydroxyl groups is 1. The third-order valence-corrected chi connectivity index (χ3v) is 5.63. The smallest absolute Gasteiger partial charge is 0.165 e. The van der Waals surface area contributed by atoms with E-state index in [1.54, 1.807) is 17.4 Å². The summed E-state index contributed by atoms with van der Waals surface area (Å²) < 4.78 is 6.96. The van der Waals surface area contributed by atoms with Crippen LogP contribution in [0.25, 0.3) is 21.2 Å². The fraction of sp³-hybridized carbons (Fsp3) is 0.300. The predicted octanol–water partition coefficient (Wildman–Crippen LogP) is 2.82. The molecule has 0 fully saturated rings. The first-order valence-corrected chi connectivity index (χ1v) is 9.50.